The Morgan fingerprint density at radius 2 is 2.20 bits per heavy atom. The van der Waals surface area contributed by atoms with Gasteiger partial charge < -0.3 is 19.9 Å². The van der Waals surface area contributed by atoms with Gasteiger partial charge in [0.25, 0.3) is 0 Å². The fraction of sp³-hybridized carbons (Fsp3) is 0.533. The van der Waals surface area contributed by atoms with Crippen molar-refractivity contribution in [3.63, 3.8) is 0 Å². The summed E-state index contributed by atoms with van der Waals surface area (Å²) in [6.45, 7) is 2.82. The van der Waals surface area contributed by atoms with Crippen LogP contribution in [0.2, 0.25) is 0 Å². The summed E-state index contributed by atoms with van der Waals surface area (Å²) in [7, 11) is 0. The molecule has 0 radical (unpaired) electrons. The van der Waals surface area contributed by atoms with Gasteiger partial charge in [0.05, 0.1) is 24.9 Å². The second kappa shape index (κ2) is 8.19. The zero-order valence-electron chi connectivity index (χ0n) is 11.5. The Bertz CT molecular complexity index is 433. The minimum atomic E-state index is 0.284. The molecule has 0 bridgehead atoms. The zero-order valence-corrected chi connectivity index (χ0v) is 12.4. The van der Waals surface area contributed by atoms with Gasteiger partial charge in [-0.2, -0.15) is 0 Å². The Morgan fingerprint density at radius 1 is 1.35 bits per heavy atom. The lowest BCUT2D eigenvalue weighted by Gasteiger charge is -2.12. The highest BCUT2D eigenvalue weighted by Gasteiger charge is 2.14. The van der Waals surface area contributed by atoms with Gasteiger partial charge in [0.2, 0.25) is 0 Å². The maximum atomic E-state index is 5.69. The van der Waals surface area contributed by atoms with E-state index in [4.69, 9.17) is 32.2 Å². The van der Waals surface area contributed by atoms with Crippen LogP contribution < -0.4 is 10.5 Å². The topological polar surface area (TPSA) is 53.7 Å². The fourth-order valence-electron chi connectivity index (χ4n) is 2.13. The van der Waals surface area contributed by atoms with E-state index in [1.54, 1.807) is 0 Å². The molecule has 1 saturated heterocycles. The van der Waals surface area contributed by atoms with Crippen LogP contribution in [0.1, 0.15) is 24.8 Å². The van der Waals surface area contributed by atoms with Gasteiger partial charge in [0.15, 0.2) is 0 Å². The van der Waals surface area contributed by atoms with E-state index in [1.807, 2.05) is 24.3 Å². The number of thiocarbonyl (C=S) groups is 1. The van der Waals surface area contributed by atoms with Crippen LogP contribution in [0.15, 0.2) is 24.3 Å². The van der Waals surface area contributed by atoms with Crippen molar-refractivity contribution in [1.82, 2.24) is 0 Å². The molecule has 0 aliphatic carbocycles. The Kier molecular flexibility index (Phi) is 6.24. The highest BCUT2D eigenvalue weighted by atomic mass is 32.1. The van der Waals surface area contributed by atoms with Gasteiger partial charge >= 0.3 is 0 Å². The van der Waals surface area contributed by atoms with Gasteiger partial charge in [-0.3, -0.25) is 0 Å². The first-order valence-corrected chi connectivity index (χ1v) is 7.39. The molecule has 0 amide bonds. The van der Waals surface area contributed by atoms with Crippen LogP contribution in [0.4, 0.5) is 0 Å². The molecule has 20 heavy (non-hydrogen) atoms. The van der Waals surface area contributed by atoms with Crippen molar-refractivity contribution in [2.45, 2.75) is 25.4 Å². The molecule has 5 heteroatoms. The minimum absolute atomic E-state index is 0.284. The molecule has 0 saturated carbocycles. The average molecular weight is 295 g/mol. The maximum absolute atomic E-state index is 5.69. The fourth-order valence-corrected chi connectivity index (χ4v) is 2.30. The average Bonchev–Trinajstić information content (AvgIpc) is 2.96. The van der Waals surface area contributed by atoms with Crippen LogP contribution in [0, 0.1) is 0 Å². The smallest absolute Gasteiger partial charge is 0.129 e. The van der Waals surface area contributed by atoms with Crippen molar-refractivity contribution >= 4 is 17.2 Å². The molecule has 0 aromatic heterocycles. The number of nitrogens with two attached hydrogens (primary N) is 1. The molecule has 1 atom stereocenters. The molecule has 1 aromatic carbocycles. The predicted molar refractivity (Wildman–Crippen MR) is 82.2 cm³/mol. The van der Waals surface area contributed by atoms with Crippen LogP contribution in [0.5, 0.6) is 5.75 Å². The van der Waals surface area contributed by atoms with E-state index in [2.05, 4.69) is 0 Å². The third-order valence-electron chi connectivity index (χ3n) is 3.17. The first-order chi connectivity index (χ1) is 9.77. The second-order valence-electron chi connectivity index (χ2n) is 4.77. The van der Waals surface area contributed by atoms with Crippen molar-refractivity contribution in [1.29, 1.82) is 0 Å². The number of rotatable bonds is 8. The molecule has 2 N–H and O–H groups in total. The monoisotopic (exact) mass is 295 g/mol. The lowest BCUT2D eigenvalue weighted by molar-refractivity contribution is 0.0141. The van der Waals surface area contributed by atoms with Gasteiger partial charge in [-0.1, -0.05) is 24.4 Å². The molecule has 2 rings (SSSR count). The van der Waals surface area contributed by atoms with Crippen LogP contribution in [0.25, 0.3) is 0 Å². The normalized spacial score (nSPS) is 18.1. The van der Waals surface area contributed by atoms with E-state index >= 15 is 0 Å². The third kappa shape index (κ3) is 4.74. The lowest BCUT2D eigenvalue weighted by Crippen LogP contribution is -2.16. The van der Waals surface area contributed by atoms with E-state index in [0.29, 0.717) is 24.8 Å². The third-order valence-corrected chi connectivity index (χ3v) is 3.39. The molecule has 1 unspecified atom stereocenters. The molecular formula is C15H21NO3S. The summed E-state index contributed by atoms with van der Waals surface area (Å²) in [6.07, 6.45) is 3.37. The standard InChI is InChI=1S/C15H21NO3S/c16-15(20)13-6-1-2-7-14(13)19-10-4-8-17-11-12-5-3-9-18-12/h1-2,6-7,12H,3-5,8-11H2,(H2,16,20). The van der Waals surface area contributed by atoms with Gasteiger partial charge in [-0.05, 0) is 25.0 Å². The molecule has 110 valence electrons. The van der Waals surface area contributed by atoms with Crippen molar-refractivity contribution in [3.05, 3.63) is 29.8 Å². The minimum Gasteiger partial charge on any atom is -0.493 e. The highest BCUT2D eigenvalue weighted by Crippen LogP contribution is 2.17. The molecule has 1 heterocycles. The van der Waals surface area contributed by atoms with Gasteiger partial charge in [-0.25, -0.2) is 0 Å². The first-order valence-electron chi connectivity index (χ1n) is 6.98. The molecule has 1 fully saturated rings. The highest BCUT2D eigenvalue weighted by molar-refractivity contribution is 7.80. The molecule has 1 aliphatic heterocycles. The van der Waals surface area contributed by atoms with E-state index in [0.717, 1.165) is 37.2 Å². The van der Waals surface area contributed by atoms with E-state index < -0.39 is 0 Å². The summed E-state index contributed by atoms with van der Waals surface area (Å²) < 4.78 is 16.8. The van der Waals surface area contributed by atoms with Crippen molar-refractivity contribution in [2.24, 2.45) is 5.73 Å². The summed E-state index contributed by atoms with van der Waals surface area (Å²) in [5.74, 6) is 0.735. The number of ether oxygens (including phenoxy) is 3. The number of hydrogen-bond donors (Lipinski definition) is 1. The maximum Gasteiger partial charge on any atom is 0.129 e. The van der Waals surface area contributed by atoms with Gasteiger partial charge in [-0.15, -0.1) is 0 Å². The van der Waals surface area contributed by atoms with E-state index in [-0.39, 0.29) is 6.10 Å². The largest absolute Gasteiger partial charge is 0.493 e. The molecule has 1 aromatic rings. The summed E-state index contributed by atoms with van der Waals surface area (Å²) in [5.41, 5.74) is 6.43. The summed E-state index contributed by atoms with van der Waals surface area (Å²) >= 11 is 4.99. The molecular weight excluding hydrogens is 274 g/mol. The number of benzene rings is 1. The summed E-state index contributed by atoms with van der Waals surface area (Å²) in [4.78, 5) is 0.357. The number of hydrogen-bond acceptors (Lipinski definition) is 4. The molecule has 1 aliphatic rings. The van der Waals surface area contributed by atoms with Crippen molar-refractivity contribution in [3.8, 4) is 5.75 Å². The number of para-hydroxylation sites is 1. The van der Waals surface area contributed by atoms with Gasteiger partial charge in [0.1, 0.15) is 10.7 Å². The van der Waals surface area contributed by atoms with Crippen LogP contribution in [-0.2, 0) is 9.47 Å². The van der Waals surface area contributed by atoms with Crippen molar-refractivity contribution < 1.29 is 14.2 Å². The quantitative estimate of drug-likeness (QED) is 0.589. The zero-order chi connectivity index (χ0) is 14.2. The van der Waals surface area contributed by atoms with Gasteiger partial charge in [0, 0.05) is 19.6 Å². The summed E-state index contributed by atoms with van der Waals surface area (Å²) in [5, 5.41) is 0. The van der Waals surface area contributed by atoms with Crippen LogP contribution in [-0.4, -0.2) is 37.5 Å². The SMILES string of the molecule is NC(=S)c1ccccc1OCCCOCC1CCCO1. The Morgan fingerprint density at radius 3 is 2.95 bits per heavy atom. The molecule has 0 spiro atoms. The van der Waals surface area contributed by atoms with Crippen LogP contribution in [0.3, 0.4) is 0 Å². The molecule has 4 nitrogen and oxygen atoms in total. The predicted octanol–water partition coefficient (Wildman–Crippen LogP) is 2.29. The second-order valence-corrected chi connectivity index (χ2v) is 5.21. The van der Waals surface area contributed by atoms with Crippen LogP contribution >= 0.6 is 12.2 Å². The Labute approximate surface area is 125 Å². The van der Waals surface area contributed by atoms with Crippen molar-refractivity contribution in [2.75, 3.05) is 26.4 Å². The first kappa shape index (κ1) is 15.2. The lowest BCUT2D eigenvalue weighted by atomic mass is 10.2. The Hall–Kier alpha value is -1.17. The Balaban J connectivity index is 1.62. The summed E-state index contributed by atoms with van der Waals surface area (Å²) in [6, 6.07) is 7.55. The van der Waals surface area contributed by atoms with E-state index in [1.165, 1.54) is 0 Å². The van der Waals surface area contributed by atoms with E-state index in [9.17, 15) is 0 Å².